The third-order valence-electron chi connectivity index (χ3n) is 1.24. The van der Waals surface area contributed by atoms with Crippen LogP contribution in [0.15, 0.2) is 0 Å². The molecule has 0 bridgehead atoms. The second-order valence-electron chi connectivity index (χ2n) is 2.10. The van der Waals surface area contributed by atoms with Crippen LogP contribution in [0, 0.1) is 0 Å². The molecule has 48 valence electrons. The summed E-state index contributed by atoms with van der Waals surface area (Å²) >= 11 is 0. The fourth-order valence-corrected chi connectivity index (χ4v) is 0.697. The van der Waals surface area contributed by atoms with E-state index < -0.39 is 0 Å². The minimum absolute atomic E-state index is 1.06. The van der Waals surface area contributed by atoms with E-state index in [1.54, 1.807) is 0 Å². The molecule has 1 nitrogen and oxygen atoms in total. The van der Waals surface area contributed by atoms with Gasteiger partial charge in [-0.25, -0.2) is 0 Å². The molecular weight excluding hydrogens is 98.1 g/mol. The van der Waals surface area contributed by atoms with Crippen LogP contribution in [0.4, 0.5) is 0 Å². The third kappa shape index (κ3) is 5.96. The Balaban J connectivity index is 2.53. The van der Waals surface area contributed by atoms with Gasteiger partial charge in [-0.1, -0.05) is 19.8 Å². The van der Waals surface area contributed by atoms with Crippen molar-refractivity contribution in [1.82, 2.24) is 5.32 Å². The summed E-state index contributed by atoms with van der Waals surface area (Å²) in [6, 6.07) is 0. The summed E-state index contributed by atoms with van der Waals surface area (Å²) in [4.78, 5) is 0. The van der Waals surface area contributed by atoms with E-state index in [1.165, 1.54) is 25.7 Å². The molecule has 0 amide bonds. The van der Waals surface area contributed by atoms with Crippen molar-refractivity contribution in [2.45, 2.75) is 32.6 Å². The van der Waals surface area contributed by atoms with Crippen molar-refractivity contribution in [2.24, 2.45) is 0 Å². The molecule has 0 atom stereocenters. The van der Waals surface area contributed by atoms with E-state index in [1.807, 2.05) is 7.05 Å². The topological polar surface area (TPSA) is 14.1 Å². The maximum Gasteiger partial charge on any atom is 0.183 e. The van der Waals surface area contributed by atoms with E-state index in [0.29, 0.717) is 0 Å². The van der Waals surface area contributed by atoms with Gasteiger partial charge in [0.05, 0.1) is 5.32 Å². The maximum absolute atomic E-state index is 4.01. The average molecular weight is 114 g/mol. The normalized spacial score (nSPS) is 9.75. The van der Waals surface area contributed by atoms with E-state index in [0.717, 1.165) is 6.54 Å². The quantitative estimate of drug-likeness (QED) is 0.484. The van der Waals surface area contributed by atoms with Gasteiger partial charge >= 0.3 is 0 Å². The molecule has 0 saturated carbocycles. The molecule has 0 aliphatic carbocycles. The summed E-state index contributed by atoms with van der Waals surface area (Å²) in [6.45, 7) is 3.28. The van der Waals surface area contributed by atoms with Crippen molar-refractivity contribution < 1.29 is 0 Å². The molecular formula is C7H16N+. The molecule has 0 saturated heterocycles. The number of unbranched alkanes of at least 4 members (excludes halogenated alkanes) is 3. The number of hydrogen-bond donors (Lipinski definition) is 0. The molecule has 0 fully saturated rings. The standard InChI is InChI=1S/C7H16N/c1-3-4-5-6-7-8-2/h3-7H2,1-2H3/q+1. The van der Waals surface area contributed by atoms with Crippen LogP contribution >= 0.6 is 0 Å². The molecule has 2 radical (unpaired) electrons. The molecule has 0 aliphatic rings. The molecule has 1 heteroatoms. The Kier molecular flexibility index (Phi) is 6.93. The number of rotatable bonds is 5. The summed E-state index contributed by atoms with van der Waals surface area (Å²) in [6.07, 6.45) is 5.33. The number of nitrogens with zero attached hydrogens (tertiary/aromatic N) is 1. The van der Waals surface area contributed by atoms with Crippen molar-refractivity contribution in [2.75, 3.05) is 13.6 Å². The predicted octanol–water partition coefficient (Wildman–Crippen LogP) is 1.80. The average Bonchev–Trinajstić information content (AvgIpc) is 1.81. The largest absolute Gasteiger partial charge is 0.183 e. The van der Waals surface area contributed by atoms with E-state index >= 15 is 0 Å². The Morgan fingerprint density at radius 3 is 2.38 bits per heavy atom. The highest BCUT2D eigenvalue weighted by atomic mass is 14.8. The van der Waals surface area contributed by atoms with Gasteiger partial charge in [-0.3, -0.25) is 0 Å². The lowest BCUT2D eigenvalue weighted by Gasteiger charge is -1.88. The van der Waals surface area contributed by atoms with Crippen LogP contribution in [0.5, 0.6) is 0 Å². The first-order valence-corrected chi connectivity index (χ1v) is 3.47. The smallest absolute Gasteiger partial charge is 0.0654 e. The van der Waals surface area contributed by atoms with Crippen molar-refractivity contribution in [3.8, 4) is 0 Å². The monoisotopic (exact) mass is 114 g/mol. The lowest BCUT2D eigenvalue weighted by molar-refractivity contribution is 0.629. The van der Waals surface area contributed by atoms with Gasteiger partial charge in [0.2, 0.25) is 0 Å². The highest BCUT2D eigenvalue weighted by Crippen LogP contribution is 1.96. The lowest BCUT2D eigenvalue weighted by atomic mass is 10.2. The molecule has 0 aromatic carbocycles. The summed E-state index contributed by atoms with van der Waals surface area (Å²) in [7, 11) is 1.88. The van der Waals surface area contributed by atoms with Crippen LogP contribution in [0.3, 0.4) is 0 Å². The zero-order chi connectivity index (χ0) is 6.24. The van der Waals surface area contributed by atoms with Gasteiger partial charge in [-0.2, -0.15) is 0 Å². The Bertz CT molecular complexity index is 29.4. The molecule has 0 aromatic rings. The first-order valence-electron chi connectivity index (χ1n) is 3.47. The Morgan fingerprint density at radius 2 is 1.88 bits per heavy atom. The summed E-state index contributed by atoms with van der Waals surface area (Å²) in [5, 5.41) is 4.01. The van der Waals surface area contributed by atoms with Crippen molar-refractivity contribution in [1.29, 1.82) is 0 Å². The second kappa shape index (κ2) is 6.96. The van der Waals surface area contributed by atoms with Crippen LogP contribution in [-0.4, -0.2) is 13.6 Å². The second-order valence-corrected chi connectivity index (χ2v) is 2.10. The van der Waals surface area contributed by atoms with E-state index in [9.17, 15) is 0 Å². The highest BCUT2D eigenvalue weighted by Gasteiger charge is 1.92. The van der Waals surface area contributed by atoms with Gasteiger partial charge in [0, 0.05) is 6.42 Å². The van der Waals surface area contributed by atoms with Crippen LogP contribution < -0.4 is 5.32 Å². The molecule has 0 spiro atoms. The van der Waals surface area contributed by atoms with Gasteiger partial charge < -0.3 is 0 Å². The van der Waals surface area contributed by atoms with Gasteiger partial charge in [0.15, 0.2) is 13.6 Å². The Morgan fingerprint density at radius 1 is 1.12 bits per heavy atom. The van der Waals surface area contributed by atoms with Crippen molar-refractivity contribution >= 4 is 0 Å². The zero-order valence-corrected chi connectivity index (χ0v) is 5.98. The molecule has 0 rings (SSSR count). The number of hydrogen-bond acceptors (Lipinski definition) is 0. The Hall–Kier alpha value is -0.0400. The fourth-order valence-electron chi connectivity index (χ4n) is 0.697. The van der Waals surface area contributed by atoms with Gasteiger partial charge in [0.25, 0.3) is 0 Å². The molecule has 8 heavy (non-hydrogen) atoms. The van der Waals surface area contributed by atoms with Crippen molar-refractivity contribution in [3.63, 3.8) is 0 Å². The summed E-state index contributed by atoms with van der Waals surface area (Å²) < 4.78 is 0. The molecule has 0 N–H and O–H groups in total. The molecule has 0 aliphatic heterocycles. The lowest BCUT2D eigenvalue weighted by Crippen LogP contribution is -1.97. The molecule has 0 heterocycles. The fraction of sp³-hybridized carbons (Fsp3) is 1.00. The molecule has 0 aromatic heterocycles. The van der Waals surface area contributed by atoms with E-state index in [4.69, 9.17) is 0 Å². The van der Waals surface area contributed by atoms with Gasteiger partial charge in [-0.15, -0.1) is 0 Å². The molecule has 0 unspecified atom stereocenters. The maximum atomic E-state index is 4.01. The van der Waals surface area contributed by atoms with E-state index in [2.05, 4.69) is 12.2 Å². The SMILES string of the molecule is CCCCCC[N+]C. The summed E-state index contributed by atoms with van der Waals surface area (Å²) in [5.74, 6) is 0. The first-order chi connectivity index (χ1) is 3.91. The minimum Gasteiger partial charge on any atom is -0.0654 e. The van der Waals surface area contributed by atoms with Gasteiger partial charge in [-0.05, 0) is 6.42 Å². The van der Waals surface area contributed by atoms with Crippen LogP contribution in [0.1, 0.15) is 32.6 Å². The summed E-state index contributed by atoms with van der Waals surface area (Å²) in [5.41, 5.74) is 0. The van der Waals surface area contributed by atoms with Crippen molar-refractivity contribution in [3.05, 3.63) is 0 Å². The van der Waals surface area contributed by atoms with Crippen LogP contribution in [0.2, 0.25) is 0 Å². The van der Waals surface area contributed by atoms with Gasteiger partial charge in [0.1, 0.15) is 0 Å². The first kappa shape index (κ1) is 7.96. The Labute approximate surface area is 52.5 Å². The third-order valence-corrected chi connectivity index (χ3v) is 1.24. The van der Waals surface area contributed by atoms with Crippen LogP contribution in [0.25, 0.3) is 0 Å². The minimum atomic E-state index is 1.06. The highest BCUT2D eigenvalue weighted by molar-refractivity contribution is 4.41. The van der Waals surface area contributed by atoms with E-state index in [-0.39, 0.29) is 0 Å². The predicted molar refractivity (Wildman–Crippen MR) is 37.1 cm³/mol. The zero-order valence-electron chi connectivity index (χ0n) is 5.98. The van der Waals surface area contributed by atoms with Crippen LogP contribution in [-0.2, 0) is 0 Å².